The Morgan fingerprint density at radius 1 is 1.38 bits per heavy atom. The minimum atomic E-state index is 0.118. The first-order valence-corrected chi connectivity index (χ1v) is 8.22. The van der Waals surface area contributed by atoms with E-state index in [-0.39, 0.29) is 6.04 Å². The molecule has 0 aliphatic heterocycles. The third-order valence-electron chi connectivity index (χ3n) is 3.66. The summed E-state index contributed by atoms with van der Waals surface area (Å²) in [6.07, 6.45) is 1.81. The van der Waals surface area contributed by atoms with Gasteiger partial charge in [-0.3, -0.25) is 4.68 Å². The molecule has 2 aromatic heterocycles. The smallest absolute Gasteiger partial charge is 0.161 e. The lowest BCUT2D eigenvalue weighted by Gasteiger charge is -2.21. The first kappa shape index (κ1) is 16.0. The molecular formula is C16H25N3OS. The molecule has 0 aliphatic rings. The van der Waals surface area contributed by atoms with E-state index in [1.807, 2.05) is 17.5 Å². The highest BCUT2D eigenvalue weighted by Gasteiger charge is 2.25. The molecule has 2 heterocycles. The van der Waals surface area contributed by atoms with Crippen molar-refractivity contribution in [3.63, 3.8) is 0 Å². The van der Waals surface area contributed by atoms with Crippen molar-refractivity contribution >= 4 is 11.3 Å². The summed E-state index contributed by atoms with van der Waals surface area (Å²) in [7, 11) is 1.71. The van der Waals surface area contributed by atoms with E-state index >= 15 is 0 Å². The van der Waals surface area contributed by atoms with Crippen LogP contribution in [0.15, 0.2) is 12.3 Å². The van der Waals surface area contributed by atoms with Gasteiger partial charge in [0.05, 0.1) is 19.3 Å². The lowest BCUT2D eigenvalue weighted by molar-refractivity contribution is 0.395. The average molecular weight is 307 g/mol. The first-order chi connectivity index (χ1) is 9.99. The number of nitrogens with one attached hydrogen (secondary N) is 1. The molecule has 116 valence electrons. The Bertz CT molecular complexity index is 581. The van der Waals surface area contributed by atoms with E-state index in [2.05, 4.69) is 55.8 Å². The minimum absolute atomic E-state index is 0.118. The minimum Gasteiger partial charge on any atom is -0.493 e. The van der Waals surface area contributed by atoms with Crippen molar-refractivity contribution in [1.82, 2.24) is 15.1 Å². The van der Waals surface area contributed by atoms with Crippen molar-refractivity contribution in [2.45, 2.75) is 46.7 Å². The second-order valence-corrected chi connectivity index (χ2v) is 6.80. The van der Waals surface area contributed by atoms with E-state index in [1.165, 1.54) is 15.3 Å². The fourth-order valence-corrected chi connectivity index (χ4v) is 3.60. The maximum absolute atomic E-state index is 5.54. The third-order valence-corrected chi connectivity index (χ3v) is 4.88. The largest absolute Gasteiger partial charge is 0.493 e. The standard InChI is InChI=1S/C16H25N3OS/c1-7-17-15(14-8-11(4)12(5)21-14)16-13(20-6)9-18-19(16)10(2)3/h8-10,15,17H,7H2,1-6H3. The topological polar surface area (TPSA) is 39.1 Å². The van der Waals surface area contributed by atoms with Crippen molar-refractivity contribution in [3.8, 4) is 5.75 Å². The van der Waals surface area contributed by atoms with E-state index in [4.69, 9.17) is 4.74 Å². The molecule has 2 rings (SSSR count). The molecule has 0 aromatic carbocycles. The van der Waals surface area contributed by atoms with Crippen molar-refractivity contribution in [2.24, 2.45) is 0 Å². The van der Waals surface area contributed by atoms with Crippen molar-refractivity contribution < 1.29 is 4.74 Å². The van der Waals surface area contributed by atoms with Gasteiger partial charge in [-0.15, -0.1) is 11.3 Å². The Kier molecular flexibility index (Phi) is 5.06. The van der Waals surface area contributed by atoms with Crippen molar-refractivity contribution in [3.05, 3.63) is 33.3 Å². The maximum atomic E-state index is 5.54. The van der Waals surface area contributed by atoms with Crippen molar-refractivity contribution in [2.75, 3.05) is 13.7 Å². The quantitative estimate of drug-likeness (QED) is 0.881. The number of hydrogen-bond donors (Lipinski definition) is 1. The van der Waals surface area contributed by atoms with Crippen LogP contribution in [0.2, 0.25) is 0 Å². The predicted molar refractivity (Wildman–Crippen MR) is 88.5 cm³/mol. The summed E-state index contributed by atoms with van der Waals surface area (Å²) >= 11 is 1.84. The van der Waals surface area contributed by atoms with Gasteiger partial charge in [-0.25, -0.2) is 0 Å². The molecule has 0 saturated carbocycles. The second-order valence-electron chi connectivity index (χ2n) is 5.52. The van der Waals surface area contributed by atoms with Crippen LogP contribution in [-0.4, -0.2) is 23.4 Å². The number of aromatic nitrogens is 2. The number of thiophene rings is 1. The van der Waals surface area contributed by atoms with Crippen LogP contribution in [0.3, 0.4) is 0 Å². The normalized spacial score (nSPS) is 12.9. The fourth-order valence-electron chi connectivity index (χ4n) is 2.48. The molecule has 0 spiro atoms. The number of nitrogens with zero attached hydrogens (tertiary/aromatic N) is 2. The summed E-state index contributed by atoms with van der Waals surface area (Å²) in [5.74, 6) is 0.846. The van der Waals surface area contributed by atoms with Gasteiger partial charge in [0.2, 0.25) is 0 Å². The number of aryl methyl sites for hydroxylation is 2. The van der Waals surface area contributed by atoms with Gasteiger partial charge in [0.25, 0.3) is 0 Å². The van der Waals surface area contributed by atoms with Crippen LogP contribution in [0.5, 0.6) is 5.75 Å². The third kappa shape index (κ3) is 3.14. The van der Waals surface area contributed by atoms with Gasteiger partial charge in [0.15, 0.2) is 5.75 Å². The molecular weight excluding hydrogens is 282 g/mol. The molecule has 1 unspecified atom stereocenters. The molecule has 1 N–H and O–H groups in total. The van der Waals surface area contributed by atoms with Gasteiger partial charge in [-0.1, -0.05) is 6.92 Å². The Morgan fingerprint density at radius 2 is 2.10 bits per heavy atom. The molecule has 0 bridgehead atoms. The maximum Gasteiger partial charge on any atom is 0.161 e. The monoisotopic (exact) mass is 307 g/mol. The Balaban J connectivity index is 2.54. The molecule has 0 amide bonds. The molecule has 0 saturated heterocycles. The van der Waals surface area contributed by atoms with Crippen LogP contribution in [0.4, 0.5) is 0 Å². The molecule has 0 aliphatic carbocycles. The second kappa shape index (κ2) is 6.62. The SMILES string of the molecule is CCNC(c1cc(C)c(C)s1)c1c(OC)cnn1C(C)C. The molecule has 1 atom stereocenters. The van der Waals surface area contributed by atoms with E-state index in [0.29, 0.717) is 6.04 Å². The summed E-state index contributed by atoms with van der Waals surface area (Å²) in [6.45, 7) is 11.6. The summed E-state index contributed by atoms with van der Waals surface area (Å²) in [5.41, 5.74) is 2.45. The van der Waals surface area contributed by atoms with E-state index in [0.717, 1.165) is 18.0 Å². The Hall–Kier alpha value is -1.33. The van der Waals surface area contributed by atoms with Crippen LogP contribution in [0.25, 0.3) is 0 Å². The van der Waals surface area contributed by atoms with Crippen LogP contribution in [0, 0.1) is 13.8 Å². The number of rotatable bonds is 6. The molecule has 2 aromatic rings. The fraction of sp³-hybridized carbons (Fsp3) is 0.562. The number of hydrogen-bond acceptors (Lipinski definition) is 4. The summed E-state index contributed by atoms with van der Waals surface area (Å²) < 4.78 is 7.60. The summed E-state index contributed by atoms with van der Waals surface area (Å²) in [5, 5.41) is 8.08. The van der Waals surface area contributed by atoms with Gasteiger partial charge >= 0.3 is 0 Å². The molecule has 0 radical (unpaired) electrons. The highest BCUT2D eigenvalue weighted by atomic mass is 32.1. The lowest BCUT2D eigenvalue weighted by atomic mass is 10.1. The Morgan fingerprint density at radius 3 is 2.57 bits per heavy atom. The predicted octanol–water partition coefficient (Wildman–Crippen LogP) is 3.85. The van der Waals surface area contributed by atoms with Gasteiger partial charge in [0, 0.05) is 15.8 Å². The van der Waals surface area contributed by atoms with Gasteiger partial charge in [-0.05, 0) is 45.9 Å². The lowest BCUT2D eigenvalue weighted by Crippen LogP contribution is -2.25. The van der Waals surface area contributed by atoms with E-state index < -0.39 is 0 Å². The average Bonchev–Trinajstić information content (AvgIpc) is 3.00. The zero-order valence-corrected chi connectivity index (χ0v) is 14.5. The van der Waals surface area contributed by atoms with Gasteiger partial charge in [0.1, 0.15) is 5.69 Å². The summed E-state index contributed by atoms with van der Waals surface area (Å²) in [6, 6.07) is 2.68. The Labute approximate surface area is 131 Å². The highest BCUT2D eigenvalue weighted by Crippen LogP contribution is 2.36. The first-order valence-electron chi connectivity index (χ1n) is 7.41. The molecule has 5 heteroatoms. The highest BCUT2D eigenvalue weighted by molar-refractivity contribution is 7.12. The van der Waals surface area contributed by atoms with Gasteiger partial charge in [-0.2, -0.15) is 5.10 Å². The van der Waals surface area contributed by atoms with Crippen LogP contribution in [0.1, 0.15) is 53.9 Å². The molecule has 0 fully saturated rings. The summed E-state index contributed by atoms with van der Waals surface area (Å²) in [4.78, 5) is 2.68. The molecule has 21 heavy (non-hydrogen) atoms. The number of ether oxygens (including phenoxy) is 1. The zero-order chi connectivity index (χ0) is 15.6. The van der Waals surface area contributed by atoms with Crippen LogP contribution in [-0.2, 0) is 0 Å². The van der Waals surface area contributed by atoms with Crippen LogP contribution < -0.4 is 10.1 Å². The van der Waals surface area contributed by atoms with Crippen LogP contribution >= 0.6 is 11.3 Å². The van der Waals surface area contributed by atoms with Crippen molar-refractivity contribution in [1.29, 1.82) is 0 Å². The number of methoxy groups -OCH3 is 1. The zero-order valence-electron chi connectivity index (χ0n) is 13.7. The van der Waals surface area contributed by atoms with Gasteiger partial charge < -0.3 is 10.1 Å². The van der Waals surface area contributed by atoms with E-state index in [9.17, 15) is 0 Å². The molecule has 4 nitrogen and oxygen atoms in total. The van der Waals surface area contributed by atoms with E-state index in [1.54, 1.807) is 7.11 Å².